The quantitative estimate of drug-likeness (QED) is 0.427. The summed E-state index contributed by atoms with van der Waals surface area (Å²) in [4.78, 5) is 4.34. The lowest BCUT2D eigenvalue weighted by Gasteiger charge is -2.32. The number of aliphatic hydroxyl groups is 1. The average Bonchev–Trinajstić information content (AvgIpc) is 3.34. The number of nitrogens with zero attached hydrogens (tertiary/aromatic N) is 2. The number of rotatable bonds is 4. The van der Waals surface area contributed by atoms with Crippen molar-refractivity contribution in [1.29, 1.82) is 0 Å². The molecular weight excluding hydrogens is 376 g/mol. The number of fused-ring (bicyclic) bond motifs is 2. The van der Waals surface area contributed by atoms with Gasteiger partial charge in [0.05, 0.1) is 29.8 Å². The first-order chi connectivity index (χ1) is 14.3. The van der Waals surface area contributed by atoms with Crippen molar-refractivity contribution in [2.75, 3.05) is 0 Å². The summed E-state index contributed by atoms with van der Waals surface area (Å²) in [5.74, 6) is 1.59. The molecule has 0 amide bonds. The van der Waals surface area contributed by atoms with Crippen LogP contribution in [-0.4, -0.2) is 14.5 Å². The zero-order valence-corrected chi connectivity index (χ0v) is 17.3. The van der Waals surface area contributed by atoms with E-state index in [1.165, 1.54) is 46.9 Å². The Hall–Kier alpha value is -2.17. The van der Waals surface area contributed by atoms with Crippen LogP contribution in [0.1, 0.15) is 73.3 Å². The predicted octanol–water partition coefficient (Wildman–Crippen LogP) is 6.43. The third kappa shape index (κ3) is 3.01. The molecule has 2 saturated carbocycles. The van der Waals surface area contributed by atoms with Crippen molar-refractivity contribution in [3.63, 3.8) is 0 Å². The van der Waals surface area contributed by atoms with E-state index in [4.69, 9.17) is 0 Å². The Kier molecular flexibility index (Phi) is 4.24. The Morgan fingerprint density at radius 2 is 1.69 bits per heavy atom. The van der Waals surface area contributed by atoms with E-state index in [2.05, 4.69) is 51.2 Å². The van der Waals surface area contributed by atoms with Gasteiger partial charge in [-0.2, -0.15) is 0 Å². The van der Waals surface area contributed by atoms with Crippen LogP contribution in [0.3, 0.4) is 0 Å². The maximum Gasteiger partial charge on any atom is 0.0995 e. The largest absolute Gasteiger partial charge is 0.387 e. The van der Waals surface area contributed by atoms with E-state index in [-0.39, 0.29) is 0 Å². The Labute approximate surface area is 175 Å². The van der Waals surface area contributed by atoms with Crippen LogP contribution >= 0.6 is 11.3 Å². The number of pyridine rings is 1. The first-order valence-corrected chi connectivity index (χ1v) is 11.8. The number of imidazole rings is 1. The van der Waals surface area contributed by atoms with Crippen LogP contribution in [0.15, 0.2) is 54.3 Å². The standard InChI is InChI=1S/C25H26N2OS/c28-25(24-20(16-5-6-16)12-11-19-13-26-15-27(19)24)18-9-7-17(8-10-18)22-14-29-23-4-2-1-3-21(22)23/h1-4,11-18,25,28H,5-10H2. The fraction of sp³-hybridized carbons (Fsp3) is 0.400. The van der Waals surface area contributed by atoms with Crippen LogP contribution in [0, 0.1) is 5.92 Å². The minimum atomic E-state index is -0.399. The maximum absolute atomic E-state index is 11.5. The van der Waals surface area contributed by atoms with E-state index in [0.29, 0.717) is 17.8 Å². The van der Waals surface area contributed by atoms with Crippen LogP contribution in [0.2, 0.25) is 0 Å². The highest BCUT2D eigenvalue weighted by molar-refractivity contribution is 7.17. The van der Waals surface area contributed by atoms with Crippen molar-refractivity contribution < 1.29 is 5.11 Å². The van der Waals surface area contributed by atoms with Gasteiger partial charge in [-0.05, 0) is 90.3 Å². The topological polar surface area (TPSA) is 37.5 Å². The Morgan fingerprint density at radius 1 is 0.931 bits per heavy atom. The molecule has 2 aliphatic carbocycles. The summed E-state index contributed by atoms with van der Waals surface area (Å²) in [6.45, 7) is 0. The predicted molar refractivity (Wildman–Crippen MR) is 119 cm³/mol. The first kappa shape index (κ1) is 17.7. The van der Waals surface area contributed by atoms with Crippen LogP contribution in [-0.2, 0) is 0 Å². The fourth-order valence-electron chi connectivity index (χ4n) is 5.37. The molecule has 29 heavy (non-hydrogen) atoms. The summed E-state index contributed by atoms with van der Waals surface area (Å²) < 4.78 is 3.53. The highest BCUT2D eigenvalue weighted by atomic mass is 32.1. The highest BCUT2D eigenvalue weighted by Gasteiger charge is 2.34. The van der Waals surface area contributed by atoms with Crippen molar-refractivity contribution in [2.45, 2.75) is 56.5 Å². The van der Waals surface area contributed by atoms with E-state index in [0.717, 1.165) is 24.1 Å². The van der Waals surface area contributed by atoms with Crippen LogP contribution in [0.5, 0.6) is 0 Å². The lowest BCUT2D eigenvalue weighted by atomic mass is 9.75. The molecule has 1 N–H and O–H groups in total. The molecule has 0 spiro atoms. The van der Waals surface area contributed by atoms with Gasteiger partial charge in [-0.3, -0.25) is 0 Å². The zero-order chi connectivity index (χ0) is 19.4. The van der Waals surface area contributed by atoms with Gasteiger partial charge >= 0.3 is 0 Å². The maximum atomic E-state index is 11.5. The Balaban J connectivity index is 1.26. The number of hydrogen-bond acceptors (Lipinski definition) is 3. The van der Waals surface area contributed by atoms with Crippen LogP contribution in [0.4, 0.5) is 0 Å². The van der Waals surface area contributed by atoms with Crippen LogP contribution in [0.25, 0.3) is 15.6 Å². The van der Waals surface area contributed by atoms with Gasteiger partial charge in [-0.15, -0.1) is 11.3 Å². The molecule has 3 heterocycles. The second kappa shape index (κ2) is 6.96. The van der Waals surface area contributed by atoms with Crippen molar-refractivity contribution in [2.24, 2.45) is 5.92 Å². The second-order valence-corrected chi connectivity index (χ2v) is 9.79. The summed E-state index contributed by atoms with van der Waals surface area (Å²) in [6.07, 6.45) is 10.4. The summed E-state index contributed by atoms with van der Waals surface area (Å²) in [6, 6.07) is 13.2. The monoisotopic (exact) mass is 402 g/mol. The van der Waals surface area contributed by atoms with Crippen molar-refractivity contribution in [1.82, 2.24) is 9.38 Å². The van der Waals surface area contributed by atoms with Crippen molar-refractivity contribution in [3.8, 4) is 0 Å². The number of aromatic nitrogens is 2. The van der Waals surface area contributed by atoms with Crippen molar-refractivity contribution >= 4 is 26.9 Å². The molecule has 1 unspecified atom stereocenters. The third-order valence-corrected chi connectivity index (χ3v) is 8.10. The fourth-order valence-corrected chi connectivity index (χ4v) is 6.41. The van der Waals surface area contributed by atoms with Crippen molar-refractivity contribution in [3.05, 3.63) is 71.1 Å². The van der Waals surface area contributed by atoms with Gasteiger partial charge in [0.1, 0.15) is 0 Å². The summed E-state index contributed by atoms with van der Waals surface area (Å²) in [5.41, 5.74) is 5.05. The smallest absolute Gasteiger partial charge is 0.0995 e. The van der Waals surface area contributed by atoms with Gasteiger partial charge in [0, 0.05) is 4.70 Å². The van der Waals surface area contributed by atoms with Gasteiger partial charge < -0.3 is 9.51 Å². The van der Waals surface area contributed by atoms with Gasteiger partial charge in [-0.1, -0.05) is 24.3 Å². The van der Waals surface area contributed by atoms with E-state index >= 15 is 0 Å². The molecule has 6 rings (SSSR count). The zero-order valence-electron chi connectivity index (χ0n) is 16.5. The summed E-state index contributed by atoms with van der Waals surface area (Å²) in [7, 11) is 0. The molecule has 3 aromatic heterocycles. The average molecular weight is 403 g/mol. The molecule has 0 aliphatic heterocycles. The number of thiophene rings is 1. The summed E-state index contributed by atoms with van der Waals surface area (Å²) in [5, 5.41) is 15.3. The lowest BCUT2D eigenvalue weighted by Crippen LogP contribution is -2.22. The van der Waals surface area contributed by atoms with Gasteiger partial charge in [0.15, 0.2) is 0 Å². The van der Waals surface area contributed by atoms with E-state index < -0.39 is 6.10 Å². The van der Waals surface area contributed by atoms with E-state index in [1.54, 1.807) is 0 Å². The molecule has 2 aliphatic rings. The Morgan fingerprint density at radius 3 is 2.52 bits per heavy atom. The third-order valence-electron chi connectivity index (χ3n) is 7.12. The first-order valence-electron chi connectivity index (χ1n) is 10.9. The van der Waals surface area contributed by atoms with E-state index in [1.807, 2.05) is 23.9 Å². The molecule has 1 atom stereocenters. The number of hydrogen-bond donors (Lipinski definition) is 1. The highest BCUT2D eigenvalue weighted by Crippen LogP contribution is 2.48. The van der Waals surface area contributed by atoms with Gasteiger partial charge in [0.25, 0.3) is 0 Å². The summed E-state index contributed by atoms with van der Waals surface area (Å²) >= 11 is 1.87. The minimum Gasteiger partial charge on any atom is -0.387 e. The molecule has 0 radical (unpaired) electrons. The van der Waals surface area contributed by atoms with E-state index in [9.17, 15) is 5.11 Å². The number of aliphatic hydroxyl groups excluding tert-OH is 1. The minimum absolute atomic E-state index is 0.335. The second-order valence-electron chi connectivity index (χ2n) is 8.88. The lowest BCUT2D eigenvalue weighted by molar-refractivity contribution is 0.0755. The molecule has 0 bridgehead atoms. The molecule has 148 valence electrons. The molecule has 4 aromatic rings. The van der Waals surface area contributed by atoms with Crippen LogP contribution < -0.4 is 0 Å². The molecule has 4 heteroatoms. The Bertz CT molecular complexity index is 1160. The number of benzene rings is 1. The molecule has 0 saturated heterocycles. The molecular formula is C25H26N2OS. The van der Waals surface area contributed by atoms with Gasteiger partial charge in [-0.25, -0.2) is 4.98 Å². The molecule has 3 nitrogen and oxygen atoms in total. The van der Waals surface area contributed by atoms with Gasteiger partial charge in [0.2, 0.25) is 0 Å². The normalized spacial score (nSPS) is 23.6. The SMILES string of the molecule is OC(c1c(C2CC2)ccc2cncn12)C1CCC(c2csc3ccccc23)CC1. The molecule has 2 fully saturated rings. The molecule has 1 aromatic carbocycles.